The number of carbonyl (C=O) groups is 2. The van der Waals surface area contributed by atoms with Gasteiger partial charge in [0.15, 0.2) is 5.82 Å². The Hall–Kier alpha value is -3.86. The van der Waals surface area contributed by atoms with Crippen molar-refractivity contribution < 1.29 is 31.9 Å². The van der Waals surface area contributed by atoms with Gasteiger partial charge in [0.05, 0.1) is 0 Å². The van der Waals surface area contributed by atoms with Crippen molar-refractivity contribution in [3.05, 3.63) is 66.0 Å². The van der Waals surface area contributed by atoms with Crippen molar-refractivity contribution >= 4 is 44.2 Å². The molecule has 0 unspecified atom stereocenters. The van der Waals surface area contributed by atoms with Crippen LogP contribution >= 0.6 is 0 Å². The average molecular weight is 516 g/mol. The minimum atomic E-state index is -4.30. The smallest absolute Gasteiger partial charge is 0.326 e. The first-order valence-electron chi connectivity index (χ1n) is 11.1. The molecule has 0 spiro atoms. The molecule has 0 saturated carbocycles. The van der Waals surface area contributed by atoms with Crippen LogP contribution in [0.1, 0.15) is 26.3 Å². The summed E-state index contributed by atoms with van der Waals surface area (Å²) >= 11 is 0. The van der Waals surface area contributed by atoms with Crippen LogP contribution in [-0.2, 0) is 31.1 Å². The summed E-state index contributed by atoms with van der Waals surface area (Å²) in [6.45, 7) is 4.59. The molecule has 0 aliphatic carbocycles. The van der Waals surface area contributed by atoms with Gasteiger partial charge in [0.1, 0.15) is 36.7 Å². The van der Waals surface area contributed by atoms with Gasteiger partial charge in [-0.1, -0.05) is 36.4 Å². The quantitative estimate of drug-likeness (QED) is 0.463. The number of rotatable bonds is 7. The standard InChI is InChI=1S/C25H26FN3O6S/c1-25(2,3)35-22(31)13-27-18-10-9-17-11-20(34-15-16-7-5-4-6-8-16)24(23(26)19(17)12-18)29-14-21(30)28-36(29,32)33/h4-12,27H,13-15H2,1-3H3,(H,28,30). The summed E-state index contributed by atoms with van der Waals surface area (Å²) in [6, 6.07) is 15.4. The molecule has 4 rings (SSSR count). The minimum Gasteiger partial charge on any atom is -0.487 e. The van der Waals surface area contributed by atoms with Crippen molar-refractivity contribution in [1.82, 2.24) is 4.72 Å². The van der Waals surface area contributed by atoms with Crippen molar-refractivity contribution in [3.8, 4) is 5.75 Å². The first kappa shape index (κ1) is 25.2. The largest absolute Gasteiger partial charge is 0.487 e. The molecule has 3 aromatic carbocycles. The van der Waals surface area contributed by atoms with Gasteiger partial charge in [-0.15, -0.1) is 0 Å². The van der Waals surface area contributed by atoms with E-state index in [0.29, 0.717) is 15.4 Å². The molecule has 36 heavy (non-hydrogen) atoms. The zero-order valence-corrected chi connectivity index (χ0v) is 20.8. The zero-order chi connectivity index (χ0) is 26.1. The van der Waals surface area contributed by atoms with E-state index in [-0.39, 0.29) is 30.0 Å². The number of hydrogen-bond acceptors (Lipinski definition) is 7. The Labute approximate surface area is 208 Å². The van der Waals surface area contributed by atoms with Crippen LogP contribution in [0.4, 0.5) is 15.8 Å². The number of hydrogen-bond donors (Lipinski definition) is 2. The molecule has 1 saturated heterocycles. The van der Waals surface area contributed by atoms with E-state index in [0.717, 1.165) is 5.56 Å². The number of esters is 1. The highest BCUT2D eigenvalue weighted by Gasteiger charge is 2.38. The molecule has 11 heteroatoms. The van der Waals surface area contributed by atoms with Gasteiger partial charge in [-0.2, -0.15) is 8.42 Å². The first-order chi connectivity index (χ1) is 16.9. The molecule has 1 heterocycles. The van der Waals surface area contributed by atoms with Crippen molar-refractivity contribution in [1.29, 1.82) is 0 Å². The van der Waals surface area contributed by atoms with Gasteiger partial charge in [0.2, 0.25) is 0 Å². The molecular formula is C25H26FN3O6S. The van der Waals surface area contributed by atoms with Crippen LogP contribution in [0.2, 0.25) is 0 Å². The summed E-state index contributed by atoms with van der Waals surface area (Å²) in [5.41, 5.74) is 0.200. The number of ether oxygens (including phenoxy) is 2. The van der Waals surface area contributed by atoms with Gasteiger partial charge in [-0.3, -0.25) is 9.59 Å². The fourth-order valence-corrected chi connectivity index (χ4v) is 4.86. The number of nitrogens with zero attached hydrogens (tertiary/aromatic N) is 1. The number of amides is 1. The summed E-state index contributed by atoms with van der Waals surface area (Å²) < 4.78 is 54.7. The minimum absolute atomic E-state index is 0.0293. The monoisotopic (exact) mass is 515 g/mol. The van der Waals surface area contributed by atoms with E-state index in [4.69, 9.17) is 9.47 Å². The number of halogens is 1. The average Bonchev–Trinajstić information content (AvgIpc) is 3.07. The van der Waals surface area contributed by atoms with E-state index in [1.807, 2.05) is 35.1 Å². The van der Waals surface area contributed by atoms with Gasteiger partial charge in [-0.25, -0.2) is 13.4 Å². The molecule has 1 fully saturated rings. The second kappa shape index (κ2) is 9.65. The molecule has 0 radical (unpaired) electrons. The van der Waals surface area contributed by atoms with Crippen molar-refractivity contribution in [3.63, 3.8) is 0 Å². The highest BCUT2D eigenvalue weighted by Crippen LogP contribution is 2.40. The third-order valence-corrected chi connectivity index (χ3v) is 6.56. The molecule has 1 aliphatic rings. The number of benzene rings is 3. The molecule has 3 aromatic rings. The number of carbonyl (C=O) groups excluding carboxylic acids is 2. The van der Waals surface area contributed by atoms with Crippen LogP contribution < -0.4 is 19.1 Å². The molecule has 190 valence electrons. The van der Waals surface area contributed by atoms with Crippen LogP contribution in [0.15, 0.2) is 54.6 Å². The maximum atomic E-state index is 15.9. The van der Waals surface area contributed by atoms with Crippen LogP contribution in [0, 0.1) is 5.82 Å². The normalized spacial score (nSPS) is 15.0. The summed E-state index contributed by atoms with van der Waals surface area (Å²) in [5, 5.41) is 3.42. The molecule has 2 N–H and O–H groups in total. The second-order valence-corrected chi connectivity index (χ2v) is 10.8. The van der Waals surface area contributed by atoms with E-state index in [2.05, 4.69) is 5.32 Å². The van der Waals surface area contributed by atoms with Gasteiger partial charge in [0.25, 0.3) is 5.91 Å². The third-order valence-electron chi connectivity index (χ3n) is 5.18. The predicted octanol–water partition coefficient (Wildman–Crippen LogP) is 3.49. The van der Waals surface area contributed by atoms with Gasteiger partial charge in [-0.05, 0) is 49.9 Å². The van der Waals surface area contributed by atoms with Crippen molar-refractivity contribution in [2.45, 2.75) is 33.0 Å². The SMILES string of the molecule is CC(C)(C)OC(=O)CNc1ccc2cc(OCc3ccccc3)c(N3CC(=O)NS3(=O)=O)c(F)c2c1. The first-order valence-corrected chi connectivity index (χ1v) is 12.6. The Balaban J connectivity index is 1.71. The lowest BCUT2D eigenvalue weighted by molar-refractivity contribution is -0.152. The lowest BCUT2D eigenvalue weighted by Crippen LogP contribution is -2.30. The van der Waals surface area contributed by atoms with Gasteiger partial charge in [0, 0.05) is 11.1 Å². The maximum absolute atomic E-state index is 15.9. The molecule has 1 aliphatic heterocycles. The Morgan fingerprint density at radius 1 is 1.14 bits per heavy atom. The topological polar surface area (TPSA) is 114 Å². The highest BCUT2D eigenvalue weighted by molar-refractivity contribution is 7.92. The van der Waals surface area contributed by atoms with Crippen LogP contribution in [-0.4, -0.2) is 39.0 Å². The lowest BCUT2D eigenvalue weighted by atomic mass is 10.1. The molecule has 9 nitrogen and oxygen atoms in total. The third kappa shape index (κ3) is 5.68. The van der Waals surface area contributed by atoms with Crippen molar-refractivity contribution in [2.75, 3.05) is 22.7 Å². The molecular weight excluding hydrogens is 489 g/mol. The van der Waals surface area contributed by atoms with E-state index in [9.17, 15) is 18.0 Å². The lowest BCUT2D eigenvalue weighted by Gasteiger charge is -2.21. The van der Waals surface area contributed by atoms with Crippen LogP contribution in [0.25, 0.3) is 10.8 Å². The summed E-state index contributed by atoms with van der Waals surface area (Å²) in [7, 11) is -4.30. The highest BCUT2D eigenvalue weighted by atomic mass is 32.2. The molecule has 0 aromatic heterocycles. The van der Waals surface area contributed by atoms with Gasteiger partial charge >= 0.3 is 16.2 Å². The Morgan fingerprint density at radius 3 is 2.50 bits per heavy atom. The fourth-order valence-electron chi connectivity index (χ4n) is 3.70. The predicted molar refractivity (Wildman–Crippen MR) is 133 cm³/mol. The maximum Gasteiger partial charge on any atom is 0.326 e. The second-order valence-electron chi connectivity index (χ2n) is 9.22. The van der Waals surface area contributed by atoms with E-state index >= 15 is 4.39 Å². The Morgan fingerprint density at radius 2 is 1.86 bits per heavy atom. The Bertz CT molecular complexity index is 1420. The number of nitrogens with one attached hydrogen (secondary N) is 2. The van der Waals surface area contributed by atoms with Crippen LogP contribution in [0.5, 0.6) is 5.75 Å². The molecule has 1 amide bonds. The zero-order valence-electron chi connectivity index (χ0n) is 20.0. The fraction of sp³-hybridized carbons (Fsp3) is 0.280. The number of fused-ring (bicyclic) bond motifs is 1. The summed E-state index contributed by atoms with van der Waals surface area (Å²) in [4.78, 5) is 23.9. The van der Waals surface area contributed by atoms with Crippen LogP contribution in [0.3, 0.4) is 0 Å². The van der Waals surface area contributed by atoms with E-state index in [1.54, 1.807) is 32.9 Å². The van der Waals surface area contributed by atoms with Gasteiger partial charge < -0.3 is 14.8 Å². The van der Waals surface area contributed by atoms with Crippen molar-refractivity contribution in [2.24, 2.45) is 0 Å². The summed E-state index contributed by atoms with van der Waals surface area (Å²) in [6.07, 6.45) is 0. The number of anilines is 2. The van der Waals surface area contributed by atoms with E-state index in [1.165, 1.54) is 12.1 Å². The molecule has 0 bridgehead atoms. The molecule has 0 atom stereocenters. The van der Waals surface area contributed by atoms with E-state index < -0.39 is 40.0 Å². The summed E-state index contributed by atoms with van der Waals surface area (Å²) in [5.74, 6) is -2.17. The Kier molecular flexibility index (Phi) is 6.77.